The van der Waals surface area contributed by atoms with E-state index in [9.17, 15) is 18.0 Å². The maximum Gasteiger partial charge on any atom is 0.339 e. The molecule has 0 spiro atoms. The van der Waals surface area contributed by atoms with Gasteiger partial charge in [0.25, 0.3) is 0 Å². The highest BCUT2D eigenvalue weighted by Gasteiger charge is 2.28. The van der Waals surface area contributed by atoms with E-state index in [0.717, 1.165) is 5.56 Å². The normalized spacial score (nSPS) is 12.0. The number of hydrogen-bond donors (Lipinski definition) is 2. The molecule has 3 aromatic rings. The first-order chi connectivity index (χ1) is 16.2. The van der Waals surface area contributed by atoms with Gasteiger partial charge in [-0.25, -0.2) is 13.2 Å². The number of para-hydroxylation sites is 1. The van der Waals surface area contributed by atoms with Crippen LogP contribution in [0.15, 0.2) is 77.7 Å². The lowest BCUT2D eigenvalue weighted by molar-refractivity contribution is -0.117. The fraction of sp³-hybridized carbons (Fsp3) is 0.167. The fourth-order valence-corrected chi connectivity index (χ4v) is 4.75. The number of benzene rings is 3. The highest BCUT2D eigenvalue weighted by atomic mass is 35.5. The van der Waals surface area contributed by atoms with Crippen LogP contribution in [0.4, 0.5) is 5.69 Å². The number of carbonyl (C=O) groups is 2. The Hall–Kier alpha value is -3.40. The average molecular weight is 503 g/mol. The summed E-state index contributed by atoms with van der Waals surface area (Å²) in [7, 11) is -1.49. The molecule has 8 nitrogen and oxygen atoms in total. The highest BCUT2D eigenvalue weighted by molar-refractivity contribution is 7.89. The van der Waals surface area contributed by atoms with Gasteiger partial charge >= 0.3 is 5.97 Å². The summed E-state index contributed by atoms with van der Waals surface area (Å²) in [4.78, 5) is 25.2. The standard InChI is InChI=1S/C24H23ClN2O6S/c1-32-22-13-12-17(15-19(22)25)34(30,31)27-21(14-16-8-4-3-5-9-16)23(28)26-20-11-7-6-10-18(20)24(29)33-2/h3-13,15,21,27H,14H2,1-2H3,(H,26,28)/t21-/m0/s1. The van der Waals surface area contributed by atoms with Gasteiger partial charge in [-0.05, 0) is 42.3 Å². The number of anilines is 1. The Balaban J connectivity index is 1.92. The second-order valence-corrected chi connectivity index (χ2v) is 9.31. The predicted octanol–water partition coefficient (Wildman–Crippen LogP) is 3.66. The van der Waals surface area contributed by atoms with Gasteiger partial charge in [0.05, 0.1) is 35.4 Å². The summed E-state index contributed by atoms with van der Waals surface area (Å²) in [5.41, 5.74) is 1.07. The minimum atomic E-state index is -4.14. The van der Waals surface area contributed by atoms with Crippen LogP contribution in [0, 0.1) is 0 Å². The Kier molecular flexibility index (Phi) is 8.27. The fourth-order valence-electron chi connectivity index (χ4n) is 3.21. The second kappa shape index (κ2) is 11.1. The molecule has 1 amide bonds. The number of rotatable bonds is 9. The van der Waals surface area contributed by atoms with Gasteiger partial charge < -0.3 is 14.8 Å². The molecule has 0 bridgehead atoms. The van der Waals surface area contributed by atoms with E-state index in [1.807, 2.05) is 6.07 Å². The molecular weight excluding hydrogens is 480 g/mol. The zero-order valence-corrected chi connectivity index (χ0v) is 20.0. The Labute approximate surface area is 202 Å². The average Bonchev–Trinajstić information content (AvgIpc) is 2.84. The van der Waals surface area contributed by atoms with Crippen LogP contribution in [0.3, 0.4) is 0 Å². The van der Waals surface area contributed by atoms with Crippen molar-refractivity contribution >= 4 is 39.2 Å². The van der Waals surface area contributed by atoms with Crippen LogP contribution in [-0.2, 0) is 26.0 Å². The number of carbonyl (C=O) groups excluding carboxylic acids is 2. The lowest BCUT2D eigenvalue weighted by Crippen LogP contribution is -2.45. The zero-order valence-electron chi connectivity index (χ0n) is 18.4. The van der Waals surface area contributed by atoms with Crippen molar-refractivity contribution in [2.45, 2.75) is 17.4 Å². The van der Waals surface area contributed by atoms with Crippen molar-refractivity contribution in [2.24, 2.45) is 0 Å². The molecule has 0 unspecified atom stereocenters. The SMILES string of the molecule is COC(=O)c1ccccc1NC(=O)[C@H](Cc1ccccc1)NS(=O)(=O)c1ccc(OC)c(Cl)c1. The molecule has 0 aliphatic carbocycles. The largest absolute Gasteiger partial charge is 0.495 e. The molecule has 0 radical (unpaired) electrons. The van der Waals surface area contributed by atoms with Crippen molar-refractivity contribution in [1.82, 2.24) is 4.72 Å². The summed E-state index contributed by atoms with van der Waals surface area (Å²) in [6, 6.07) is 18.0. The van der Waals surface area contributed by atoms with Gasteiger partial charge in [-0.1, -0.05) is 54.1 Å². The van der Waals surface area contributed by atoms with Crippen molar-refractivity contribution < 1.29 is 27.5 Å². The quantitative estimate of drug-likeness (QED) is 0.432. The molecule has 1 atom stereocenters. The minimum absolute atomic E-state index is 0.0657. The van der Waals surface area contributed by atoms with Crippen molar-refractivity contribution in [3.05, 3.63) is 88.9 Å². The summed E-state index contributed by atoms with van der Waals surface area (Å²) >= 11 is 6.09. The molecule has 0 saturated heterocycles. The van der Waals surface area contributed by atoms with Gasteiger partial charge in [-0.15, -0.1) is 0 Å². The highest BCUT2D eigenvalue weighted by Crippen LogP contribution is 2.27. The Morgan fingerprint density at radius 3 is 2.29 bits per heavy atom. The molecule has 2 N–H and O–H groups in total. The number of esters is 1. The molecule has 0 aliphatic rings. The summed E-state index contributed by atoms with van der Waals surface area (Å²) in [6.45, 7) is 0. The Morgan fingerprint density at radius 1 is 0.971 bits per heavy atom. The molecule has 0 fully saturated rings. The molecule has 0 aromatic heterocycles. The molecular formula is C24H23ClN2O6S. The summed E-state index contributed by atoms with van der Waals surface area (Å²) < 4.78 is 38.5. The lowest BCUT2D eigenvalue weighted by atomic mass is 10.1. The number of methoxy groups -OCH3 is 2. The van der Waals surface area contributed by atoms with Crippen LogP contribution in [-0.4, -0.2) is 40.6 Å². The molecule has 0 aliphatic heterocycles. The zero-order chi connectivity index (χ0) is 24.7. The number of halogens is 1. The number of nitrogens with one attached hydrogen (secondary N) is 2. The van der Waals surface area contributed by atoms with E-state index in [-0.39, 0.29) is 27.6 Å². The molecule has 0 saturated carbocycles. The van der Waals surface area contributed by atoms with Crippen LogP contribution in [0.1, 0.15) is 15.9 Å². The van der Waals surface area contributed by atoms with E-state index in [4.69, 9.17) is 21.1 Å². The van der Waals surface area contributed by atoms with Crippen molar-refractivity contribution in [3.63, 3.8) is 0 Å². The number of ether oxygens (including phenoxy) is 2. The smallest absolute Gasteiger partial charge is 0.339 e. The molecule has 3 aromatic carbocycles. The Morgan fingerprint density at radius 2 is 1.65 bits per heavy atom. The van der Waals surface area contributed by atoms with E-state index in [2.05, 4.69) is 10.0 Å². The maximum absolute atomic E-state index is 13.2. The minimum Gasteiger partial charge on any atom is -0.495 e. The van der Waals surface area contributed by atoms with E-state index < -0.39 is 27.9 Å². The van der Waals surface area contributed by atoms with E-state index >= 15 is 0 Å². The van der Waals surface area contributed by atoms with Gasteiger partial charge in [0.15, 0.2) is 0 Å². The van der Waals surface area contributed by atoms with Gasteiger partial charge in [0, 0.05) is 0 Å². The van der Waals surface area contributed by atoms with E-state index in [0.29, 0.717) is 5.75 Å². The summed E-state index contributed by atoms with van der Waals surface area (Å²) in [5, 5.41) is 2.75. The molecule has 3 rings (SSSR count). The second-order valence-electron chi connectivity index (χ2n) is 7.19. The van der Waals surface area contributed by atoms with Gasteiger partial charge in [-0.2, -0.15) is 4.72 Å². The monoisotopic (exact) mass is 502 g/mol. The van der Waals surface area contributed by atoms with Crippen LogP contribution < -0.4 is 14.8 Å². The first-order valence-electron chi connectivity index (χ1n) is 10.1. The lowest BCUT2D eigenvalue weighted by Gasteiger charge is -2.20. The van der Waals surface area contributed by atoms with Crippen LogP contribution in [0.25, 0.3) is 0 Å². The predicted molar refractivity (Wildman–Crippen MR) is 129 cm³/mol. The molecule has 178 valence electrons. The number of hydrogen-bond acceptors (Lipinski definition) is 6. The molecule has 34 heavy (non-hydrogen) atoms. The number of amides is 1. The molecule has 0 heterocycles. The summed E-state index contributed by atoms with van der Waals surface area (Å²) in [5.74, 6) is -0.967. The van der Waals surface area contributed by atoms with Crippen LogP contribution >= 0.6 is 11.6 Å². The van der Waals surface area contributed by atoms with Crippen molar-refractivity contribution in [1.29, 1.82) is 0 Å². The van der Waals surface area contributed by atoms with Gasteiger partial charge in [0.2, 0.25) is 15.9 Å². The third kappa shape index (κ3) is 6.13. The van der Waals surface area contributed by atoms with E-state index in [1.54, 1.807) is 36.4 Å². The van der Waals surface area contributed by atoms with Crippen LogP contribution in [0.5, 0.6) is 5.75 Å². The first-order valence-corrected chi connectivity index (χ1v) is 12.0. The van der Waals surface area contributed by atoms with Gasteiger partial charge in [-0.3, -0.25) is 4.79 Å². The topological polar surface area (TPSA) is 111 Å². The Bertz CT molecular complexity index is 1280. The van der Waals surface area contributed by atoms with Crippen molar-refractivity contribution in [2.75, 3.05) is 19.5 Å². The summed E-state index contributed by atoms with van der Waals surface area (Å²) in [6.07, 6.45) is 0.0657. The number of sulfonamides is 1. The first kappa shape index (κ1) is 25.2. The third-order valence-electron chi connectivity index (χ3n) is 4.92. The van der Waals surface area contributed by atoms with Gasteiger partial charge in [0.1, 0.15) is 11.8 Å². The molecule has 10 heteroatoms. The van der Waals surface area contributed by atoms with E-state index in [1.165, 1.54) is 44.6 Å². The maximum atomic E-state index is 13.2. The van der Waals surface area contributed by atoms with Crippen molar-refractivity contribution in [3.8, 4) is 5.75 Å². The van der Waals surface area contributed by atoms with Crippen LogP contribution in [0.2, 0.25) is 5.02 Å². The third-order valence-corrected chi connectivity index (χ3v) is 6.69.